The molecule has 0 unspecified atom stereocenters. The van der Waals surface area contributed by atoms with E-state index in [0.717, 1.165) is 19.3 Å². The van der Waals surface area contributed by atoms with Gasteiger partial charge in [-0.25, -0.2) is 4.90 Å². The maximum atomic E-state index is 9.58. The zero-order chi connectivity index (χ0) is 18.2. The lowest BCUT2D eigenvalue weighted by Gasteiger charge is -2.48. The fourth-order valence-corrected chi connectivity index (χ4v) is 3.93. The molecule has 1 saturated heterocycles. The van der Waals surface area contributed by atoms with Crippen LogP contribution >= 0.6 is 0 Å². The summed E-state index contributed by atoms with van der Waals surface area (Å²) >= 11 is 0. The molecule has 0 aromatic carbocycles. The van der Waals surface area contributed by atoms with Crippen LogP contribution in [0.5, 0.6) is 0 Å². The van der Waals surface area contributed by atoms with Crippen LogP contribution in [0.3, 0.4) is 0 Å². The van der Waals surface area contributed by atoms with Crippen LogP contribution in [-0.4, -0.2) is 34.5 Å². The Bertz CT molecular complexity index is 431. The van der Waals surface area contributed by atoms with Crippen LogP contribution in [0.1, 0.15) is 86.0 Å². The number of rotatable bonds is 8. The maximum Gasteiger partial charge on any atom is 0.204 e. The van der Waals surface area contributed by atoms with E-state index < -0.39 is 0 Å². The minimum atomic E-state index is -0.0128. The number of piperidine rings is 1. The van der Waals surface area contributed by atoms with E-state index in [4.69, 9.17) is 5.73 Å². The number of aliphatic imine (C=N–C) groups is 1. The highest BCUT2D eigenvalue weighted by Gasteiger charge is 2.40. The fourth-order valence-electron chi connectivity index (χ4n) is 3.93. The lowest BCUT2D eigenvalue weighted by atomic mass is 9.79. The second kappa shape index (κ2) is 9.27. The van der Waals surface area contributed by atoms with Crippen LogP contribution in [0.25, 0.3) is 0 Å². The van der Waals surface area contributed by atoms with E-state index in [1.807, 2.05) is 0 Å². The lowest BCUT2D eigenvalue weighted by Crippen LogP contribution is -2.62. The van der Waals surface area contributed by atoms with Crippen molar-refractivity contribution < 1.29 is 0 Å². The summed E-state index contributed by atoms with van der Waals surface area (Å²) in [6.45, 7) is 11.7. The van der Waals surface area contributed by atoms with Crippen molar-refractivity contribution in [1.29, 1.82) is 5.26 Å². The number of nitrogens with two attached hydrogens (primary N) is 1. The summed E-state index contributed by atoms with van der Waals surface area (Å²) in [6.07, 6.45) is 11.4. The van der Waals surface area contributed by atoms with Crippen LogP contribution in [-0.2, 0) is 0 Å². The van der Waals surface area contributed by atoms with E-state index in [-0.39, 0.29) is 17.1 Å². The van der Waals surface area contributed by atoms with Gasteiger partial charge in [0.15, 0.2) is 6.19 Å². The minimum Gasteiger partial charge on any atom is -0.369 e. The van der Waals surface area contributed by atoms with Crippen molar-refractivity contribution in [3.63, 3.8) is 0 Å². The average molecular weight is 336 g/mol. The van der Waals surface area contributed by atoms with E-state index in [9.17, 15) is 5.26 Å². The predicted octanol–water partition coefficient (Wildman–Crippen LogP) is 3.75. The first-order valence-electron chi connectivity index (χ1n) is 9.49. The topological polar surface area (TPSA) is 77.4 Å². The van der Waals surface area contributed by atoms with Crippen molar-refractivity contribution in [2.45, 2.75) is 103 Å². The fraction of sp³-hybridized carbons (Fsp3) is 0.895. The number of hydrogen-bond acceptors (Lipinski definition) is 3. The molecular formula is C19H37N5. The zero-order valence-electron chi connectivity index (χ0n) is 16.4. The van der Waals surface area contributed by atoms with Crippen molar-refractivity contribution in [3.8, 4) is 6.19 Å². The molecular weight excluding hydrogens is 298 g/mol. The quantitative estimate of drug-likeness (QED) is 0.233. The predicted molar refractivity (Wildman–Crippen MR) is 102 cm³/mol. The molecule has 0 aromatic rings. The first kappa shape index (κ1) is 20.8. The van der Waals surface area contributed by atoms with Gasteiger partial charge in [-0.2, -0.15) is 5.26 Å². The monoisotopic (exact) mass is 335 g/mol. The molecule has 1 aliphatic heterocycles. The Hall–Kier alpha value is -1.28. The van der Waals surface area contributed by atoms with Crippen LogP contribution in [0.2, 0.25) is 0 Å². The third-order valence-corrected chi connectivity index (χ3v) is 4.67. The molecule has 138 valence electrons. The van der Waals surface area contributed by atoms with Crippen molar-refractivity contribution in [2.75, 3.05) is 6.54 Å². The van der Waals surface area contributed by atoms with Gasteiger partial charge in [-0.05, 0) is 47.0 Å². The standard InChI is InChI=1S/C19H37N5/c1-6-7-8-9-10-11-12-22-17(21)24(15-20)16-13-18(2,3)23-19(4,5)14-16/h16,23H,6-14H2,1-5H3,(H2,21,22). The summed E-state index contributed by atoms with van der Waals surface area (Å²) in [5, 5.41) is 13.2. The van der Waals surface area contributed by atoms with E-state index >= 15 is 0 Å². The summed E-state index contributed by atoms with van der Waals surface area (Å²) in [7, 11) is 0. The summed E-state index contributed by atoms with van der Waals surface area (Å²) in [4.78, 5) is 6.09. The molecule has 0 amide bonds. The Balaban J connectivity index is 2.55. The minimum absolute atomic E-state index is 0.0128. The van der Waals surface area contributed by atoms with Gasteiger partial charge in [0.25, 0.3) is 0 Å². The van der Waals surface area contributed by atoms with Crippen molar-refractivity contribution in [3.05, 3.63) is 0 Å². The van der Waals surface area contributed by atoms with Crippen LogP contribution < -0.4 is 11.1 Å². The molecule has 5 nitrogen and oxygen atoms in total. The van der Waals surface area contributed by atoms with Gasteiger partial charge in [0.05, 0.1) is 6.04 Å². The second-order valence-corrected chi connectivity index (χ2v) is 8.43. The third-order valence-electron chi connectivity index (χ3n) is 4.67. The summed E-state index contributed by atoms with van der Waals surface area (Å²) in [5.41, 5.74) is 6.11. The molecule has 1 fully saturated rings. The summed E-state index contributed by atoms with van der Waals surface area (Å²) < 4.78 is 0. The number of hydrogen-bond donors (Lipinski definition) is 2. The molecule has 0 spiro atoms. The molecule has 1 rings (SSSR count). The number of nitrogens with one attached hydrogen (secondary N) is 1. The van der Waals surface area contributed by atoms with Gasteiger partial charge in [-0.3, -0.25) is 4.99 Å². The SMILES string of the molecule is CCCCCCCCN=C(N)N(C#N)C1CC(C)(C)NC(C)(C)C1. The van der Waals surface area contributed by atoms with Gasteiger partial charge in [-0.1, -0.05) is 39.0 Å². The zero-order valence-corrected chi connectivity index (χ0v) is 16.4. The molecule has 0 atom stereocenters. The van der Waals surface area contributed by atoms with Crippen molar-refractivity contribution in [1.82, 2.24) is 10.2 Å². The normalized spacial score (nSPS) is 20.6. The average Bonchev–Trinajstić information content (AvgIpc) is 2.43. The van der Waals surface area contributed by atoms with E-state index in [2.05, 4.69) is 51.1 Å². The first-order chi connectivity index (χ1) is 11.2. The molecule has 1 aliphatic rings. The van der Waals surface area contributed by atoms with E-state index in [1.54, 1.807) is 4.90 Å². The third kappa shape index (κ3) is 7.09. The largest absolute Gasteiger partial charge is 0.369 e. The number of nitrogens with zero attached hydrogens (tertiary/aromatic N) is 3. The van der Waals surface area contributed by atoms with Gasteiger partial charge in [0, 0.05) is 17.6 Å². The molecule has 3 N–H and O–H groups in total. The van der Waals surface area contributed by atoms with E-state index in [0.29, 0.717) is 12.5 Å². The van der Waals surface area contributed by atoms with Crippen LogP contribution in [0, 0.1) is 11.5 Å². The molecule has 5 heteroatoms. The second-order valence-electron chi connectivity index (χ2n) is 8.43. The molecule has 0 bridgehead atoms. The molecule has 0 radical (unpaired) electrons. The molecule has 24 heavy (non-hydrogen) atoms. The van der Waals surface area contributed by atoms with Gasteiger partial charge < -0.3 is 11.1 Å². The molecule has 1 heterocycles. The Labute approximate surface area is 148 Å². The van der Waals surface area contributed by atoms with Gasteiger partial charge in [0.1, 0.15) is 0 Å². The Kier molecular flexibility index (Phi) is 8.02. The van der Waals surface area contributed by atoms with E-state index in [1.165, 1.54) is 32.1 Å². The molecule has 0 aromatic heterocycles. The van der Waals surface area contributed by atoms with Gasteiger partial charge in [0.2, 0.25) is 5.96 Å². The van der Waals surface area contributed by atoms with Crippen molar-refractivity contribution in [2.24, 2.45) is 10.7 Å². The van der Waals surface area contributed by atoms with Gasteiger partial charge >= 0.3 is 0 Å². The van der Waals surface area contributed by atoms with Crippen LogP contribution in [0.15, 0.2) is 4.99 Å². The Morgan fingerprint density at radius 3 is 2.21 bits per heavy atom. The lowest BCUT2D eigenvalue weighted by molar-refractivity contribution is 0.123. The van der Waals surface area contributed by atoms with Crippen LogP contribution in [0.4, 0.5) is 0 Å². The summed E-state index contributed by atoms with van der Waals surface area (Å²) in [5.74, 6) is 0.379. The number of nitriles is 1. The number of unbranched alkanes of at least 4 members (excludes halogenated alkanes) is 5. The number of guanidine groups is 1. The highest BCUT2D eigenvalue weighted by Crippen LogP contribution is 2.31. The van der Waals surface area contributed by atoms with Crippen molar-refractivity contribution >= 4 is 5.96 Å². The highest BCUT2D eigenvalue weighted by atomic mass is 15.3. The Morgan fingerprint density at radius 2 is 1.67 bits per heavy atom. The summed E-state index contributed by atoms with van der Waals surface area (Å²) in [6, 6.07) is 0.106. The molecule has 0 aliphatic carbocycles. The smallest absolute Gasteiger partial charge is 0.204 e. The maximum absolute atomic E-state index is 9.58. The Morgan fingerprint density at radius 1 is 1.12 bits per heavy atom. The highest BCUT2D eigenvalue weighted by molar-refractivity contribution is 5.80. The van der Waals surface area contributed by atoms with Gasteiger partial charge in [-0.15, -0.1) is 0 Å². The first-order valence-corrected chi connectivity index (χ1v) is 9.49. The molecule has 0 saturated carbocycles.